The molecule has 4 nitrogen and oxygen atoms in total. The standard InChI is InChI=1S/C18H30N2O2/c1-13-9-8-10-15(11-13)14(2)19-12-18(6,7)20-16(21)22-17(3,4)5/h8-11,14,19H,12H2,1-7H3,(H,20,21). The molecule has 0 aliphatic rings. The van der Waals surface area contributed by atoms with E-state index in [-0.39, 0.29) is 17.7 Å². The molecule has 0 spiro atoms. The van der Waals surface area contributed by atoms with Gasteiger partial charge in [-0.05, 0) is 54.0 Å². The SMILES string of the molecule is Cc1cccc(C(C)NCC(C)(C)NC(=O)OC(C)(C)C)c1. The van der Waals surface area contributed by atoms with Crippen molar-refractivity contribution in [2.45, 2.75) is 65.6 Å². The number of rotatable bonds is 5. The molecule has 1 rings (SSSR count). The topological polar surface area (TPSA) is 50.4 Å². The smallest absolute Gasteiger partial charge is 0.408 e. The quantitative estimate of drug-likeness (QED) is 0.866. The maximum Gasteiger partial charge on any atom is 0.408 e. The highest BCUT2D eigenvalue weighted by Gasteiger charge is 2.24. The van der Waals surface area contributed by atoms with E-state index in [0.29, 0.717) is 6.54 Å². The Morgan fingerprint density at radius 1 is 1.23 bits per heavy atom. The molecular weight excluding hydrogens is 276 g/mol. The van der Waals surface area contributed by atoms with Gasteiger partial charge >= 0.3 is 6.09 Å². The fourth-order valence-corrected chi connectivity index (χ4v) is 2.09. The Morgan fingerprint density at radius 3 is 2.41 bits per heavy atom. The Hall–Kier alpha value is -1.55. The molecule has 1 unspecified atom stereocenters. The second kappa shape index (κ2) is 7.14. The molecule has 0 heterocycles. The summed E-state index contributed by atoms with van der Waals surface area (Å²) in [5, 5.41) is 6.37. The van der Waals surface area contributed by atoms with Crippen LogP contribution in [-0.2, 0) is 4.74 Å². The minimum atomic E-state index is -0.484. The van der Waals surface area contributed by atoms with Crippen LogP contribution in [0, 0.1) is 6.92 Å². The summed E-state index contributed by atoms with van der Waals surface area (Å²) in [6.07, 6.45) is -0.387. The van der Waals surface area contributed by atoms with Gasteiger partial charge in [-0.2, -0.15) is 0 Å². The van der Waals surface area contributed by atoms with Crippen LogP contribution in [0.15, 0.2) is 24.3 Å². The maximum absolute atomic E-state index is 11.9. The van der Waals surface area contributed by atoms with E-state index in [1.54, 1.807) is 0 Å². The summed E-state index contributed by atoms with van der Waals surface area (Å²) in [5.41, 5.74) is 1.62. The van der Waals surface area contributed by atoms with Gasteiger partial charge in [0.2, 0.25) is 0 Å². The van der Waals surface area contributed by atoms with E-state index < -0.39 is 5.60 Å². The third-order valence-corrected chi connectivity index (χ3v) is 3.23. The summed E-state index contributed by atoms with van der Waals surface area (Å²) in [4.78, 5) is 11.9. The van der Waals surface area contributed by atoms with E-state index in [4.69, 9.17) is 4.74 Å². The summed E-state index contributed by atoms with van der Waals surface area (Å²) >= 11 is 0. The highest BCUT2D eigenvalue weighted by Crippen LogP contribution is 2.15. The highest BCUT2D eigenvalue weighted by atomic mass is 16.6. The number of hydrogen-bond donors (Lipinski definition) is 2. The summed E-state index contributed by atoms with van der Waals surface area (Å²) in [6.45, 7) is 14.4. The van der Waals surface area contributed by atoms with Crippen molar-refractivity contribution < 1.29 is 9.53 Å². The highest BCUT2D eigenvalue weighted by molar-refractivity contribution is 5.68. The predicted octanol–water partition coefficient (Wildman–Crippen LogP) is 3.95. The molecule has 0 bridgehead atoms. The average molecular weight is 306 g/mol. The summed E-state index contributed by atoms with van der Waals surface area (Å²) in [6, 6.07) is 8.65. The van der Waals surface area contributed by atoms with Crippen molar-refractivity contribution in [2.24, 2.45) is 0 Å². The molecule has 0 aliphatic heterocycles. The van der Waals surface area contributed by atoms with Gasteiger partial charge in [-0.3, -0.25) is 0 Å². The first-order chi connectivity index (χ1) is 9.98. The Labute approximate surface area is 134 Å². The van der Waals surface area contributed by atoms with E-state index in [1.807, 2.05) is 34.6 Å². The summed E-state index contributed by atoms with van der Waals surface area (Å²) < 4.78 is 5.30. The summed E-state index contributed by atoms with van der Waals surface area (Å²) in [7, 11) is 0. The number of hydrogen-bond acceptors (Lipinski definition) is 3. The Bertz CT molecular complexity index is 504. The van der Waals surface area contributed by atoms with Crippen molar-refractivity contribution in [1.82, 2.24) is 10.6 Å². The summed E-state index contributed by atoms with van der Waals surface area (Å²) in [5.74, 6) is 0. The Morgan fingerprint density at radius 2 is 1.86 bits per heavy atom. The van der Waals surface area contributed by atoms with Gasteiger partial charge in [0.05, 0.1) is 5.54 Å². The van der Waals surface area contributed by atoms with Crippen LogP contribution in [0.5, 0.6) is 0 Å². The first kappa shape index (κ1) is 18.5. The van der Waals surface area contributed by atoms with Crippen molar-refractivity contribution in [2.75, 3.05) is 6.54 Å². The van der Waals surface area contributed by atoms with Crippen molar-refractivity contribution >= 4 is 6.09 Å². The van der Waals surface area contributed by atoms with E-state index in [2.05, 4.69) is 48.7 Å². The van der Waals surface area contributed by atoms with Crippen LogP contribution >= 0.6 is 0 Å². The largest absolute Gasteiger partial charge is 0.444 e. The fraction of sp³-hybridized carbons (Fsp3) is 0.611. The Kier molecular flexibility index (Phi) is 6.00. The lowest BCUT2D eigenvalue weighted by Gasteiger charge is -2.30. The van der Waals surface area contributed by atoms with Crippen LogP contribution in [0.1, 0.15) is 58.7 Å². The normalized spacial score (nSPS) is 13.6. The average Bonchev–Trinajstić information content (AvgIpc) is 2.33. The molecule has 1 aromatic rings. The van der Waals surface area contributed by atoms with Gasteiger partial charge in [0.1, 0.15) is 5.60 Å². The number of carbonyl (C=O) groups excluding carboxylic acids is 1. The third-order valence-electron chi connectivity index (χ3n) is 3.23. The van der Waals surface area contributed by atoms with E-state index in [1.165, 1.54) is 11.1 Å². The number of nitrogens with one attached hydrogen (secondary N) is 2. The van der Waals surface area contributed by atoms with Gasteiger partial charge in [0.15, 0.2) is 0 Å². The van der Waals surface area contributed by atoms with Gasteiger partial charge in [-0.25, -0.2) is 4.79 Å². The molecule has 0 saturated carbocycles. The molecule has 1 atom stereocenters. The zero-order valence-corrected chi connectivity index (χ0v) is 14.9. The van der Waals surface area contributed by atoms with E-state index in [0.717, 1.165) is 0 Å². The van der Waals surface area contributed by atoms with Gasteiger partial charge in [-0.1, -0.05) is 29.8 Å². The van der Waals surface area contributed by atoms with Crippen LogP contribution in [-0.4, -0.2) is 23.8 Å². The zero-order chi connectivity index (χ0) is 17.0. The van der Waals surface area contributed by atoms with E-state index in [9.17, 15) is 4.79 Å². The number of aryl methyl sites for hydroxylation is 1. The van der Waals surface area contributed by atoms with Crippen molar-refractivity contribution in [1.29, 1.82) is 0 Å². The van der Waals surface area contributed by atoms with Crippen molar-refractivity contribution in [3.63, 3.8) is 0 Å². The minimum Gasteiger partial charge on any atom is -0.444 e. The molecule has 0 aliphatic carbocycles. The second-order valence-corrected chi connectivity index (χ2v) is 7.53. The number of ether oxygens (including phenoxy) is 1. The van der Waals surface area contributed by atoms with Gasteiger partial charge in [-0.15, -0.1) is 0 Å². The van der Waals surface area contributed by atoms with Crippen molar-refractivity contribution in [3.05, 3.63) is 35.4 Å². The van der Waals surface area contributed by atoms with Crippen LogP contribution in [0.2, 0.25) is 0 Å². The molecule has 1 aromatic carbocycles. The lowest BCUT2D eigenvalue weighted by Crippen LogP contribution is -2.51. The number of amides is 1. The first-order valence-electron chi connectivity index (χ1n) is 7.80. The lowest BCUT2D eigenvalue weighted by molar-refractivity contribution is 0.0471. The fourth-order valence-electron chi connectivity index (χ4n) is 2.09. The lowest BCUT2D eigenvalue weighted by atomic mass is 10.0. The van der Waals surface area contributed by atoms with Crippen LogP contribution < -0.4 is 10.6 Å². The minimum absolute atomic E-state index is 0.222. The predicted molar refractivity (Wildman–Crippen MR) is 91.0 cm³/mol. The Balaban J connectivity index is 2.53. The first-order valence-corrected chi connectivity index (χ1v) is 7.80. The number of benzene rings is 1. The van der Waals surface area contributed by atoms with Crippen LogP contribution in [0.3, 0.4) is 0 Å². The van der Waals surface area contributed by atoms with E-state index >= 15 is 0 Å². The molecule has 0 fully saturated rings. The molecule has 0 saturated heterocycles. The van der Waals surface area contributed by atoms with Crippen LogP contribution in [0.25, 0.3) is 0 Å². The number of carbonyl (C=O) groups is 1. The molecule has 0 aromatic heterocycles. The molecule has 1 amide bonds. The van der Waals surface area contributed by atoms with Gasteiger partial charge < -0.3 is 15.4 Å². The van der Waals surface area contributed by atoms with Gasteiger partial charge in [0, 0.05) is 12.6 Å². The van der Waals surface area contributed by atoms with Gasteiger partial charge in [0.25, 0.3) is 0 Å². The molecule has 4 heteroatoms. The molecular formula is C18H30N2O2. The monoisotopic (exact) mass is 306 g/mol. The third kappa shape index (κ3) is 6.94. The zero-order valence-electron chi connectivity index (χ0n) is 14.9. The van der Waals surface area contributed by atoms with Crippen LogP contribution in [0.4, 0.5) is 4.79 Å². The molecule has 124 valence electrons. The molecule has 22 heavy (non-hydrogen) atoms. The molecule has 2 N–H and O–H groups in total. The van der Waals surface area contributed by atoms with Crippen molar-refractivity contribution in [3.8, 4) is 0 Å². The molecule has 0 radical (unpaired) electrons. The maximum atomic E-state index is 11.9. The number of alkyl carbamates (subject to hydrolysis) is 1. The second-order valence-electron chi connectivity index (χ2n) is 7.53.